The largest absolute Gasteiger partial charge is 0.497 e. The van der Waals surface area contributed by atoms with E-state index in [0.717, 1.165) is 11.3 Å². The number of benzene rings is 1. The zero-order valence-corrected chi connectivity index (χ0v) is 9.06. The third kappa shape index (κ3) is 2.85. The summed E-state index contributed by atoms with van der Waals surface area (Å²) >= 11 is 0. The molecule has 0 aliphatic carbocycles. The Bertz CT molecular complexity index is 440. The maximum atomic E-state index is 11.1. The van der Waals surface area contributed by atoms with Crippen molar-refractivity contribution in [1.82, 2.24) is 0 Å². The molecule has 0 radical (unpaired) electrons. The van der Waals surface area contributed by atoms with E-state index in [-0.39, 0.29) is 5.70 Å². The fourth-order valence-corrected chi connectivity index (χ4v) is 1.10. The van der Waals surface area contributed by atoms with E-state index in [0.29, 0.717) is 0 Å². The highest BCUT2D eigenvalue weighted by atomic mass is 16.5. The fourth-order valence-electron chi connectivity index (χ4n) is 1.10. The molecule has 0 N–H and O–H groups in total. The lowest BCUT2D eigenvalue weighted by Gasteiger charge is -2.00. The summed E-state index contributed by atoms with van der Waals surface area (Å²) in [7, 11) is 2.82. The van der Waals surface area contributed by atoms with Crippen LogP contribution in [0.1, 0.15) is 5.56 Å². The summed E-state index contributed by atoms with van der Waals surface area (Å²) in [4.78, 5) is 14.2. The van der Waals surface area contributed by atoms with Crippen molar-refractivity contribution in [1.29, 1.82) is 0 Å². The van der Waals surface area contributed by atoms with Gasteiger partial charge >= 0.3 is 5.97 Å². The zero-order valence-electron chi connectivity index (χ0n) is 9.06. The first-order chi connectivity index (χ1) is 7.71. The van der Waals surface area contributed by atoms with Crippen LogP contribution in [0, 0.1) is 6.57 Å². The number of esters is 1. The van der Waals surface area contributed by atoms with Gasteiger partial charge in [0, 0.05) is 0 Å². The maximum Gasteiger partial charge on any atom is 0.336 e. The fraction of sp³-hybridized carbons (Fsp3) is 0.167. The molecule has 0 atom stereocenters. The molecule has 0 aliphatic heterocycles. The van der Waals surface area contributed by atoms with Gasteiger partial charge in [-0.3, -0.25) is 4.79 Å². The molecule has 0 heterocycles. The topological polar surface area (TPSA) is 39.9 Å². The van der Waals surface area contributed by atoms with Gasteiger partial charge in [0.1, 0.15) is 5.75 Å². The molecule has 0 aliphatic rings. The van der Waals surface area contributed by atoms with Crippen LogP contribution in [0.2, 0.25) is 0 Å². The van der Waals surface area contributed by atoms with Gasteiger partial charge in [-0.25, -0.2) is 4.85 Å². The van der Waals surface area contributed by atoms with Crippen LogP contribution in [-0.2, 0) is 9.53 Å². The Morgan fingerprint density at radius 1 is 1.31 bits per heavy atom. The van der Waals surface area contributed by atoms with Crippen LogP contribution in [-0.4, -0.2) is 20.2 Å². The molecular weight excluding hydrogens is 206 g/mol. The molecule has 0 bridgehead atoms. The summed E-state index contributed by atoms with van der Waals surface area (Å²) in [6.45, 7) is 6.85. The summed E-state index contributed by atoms with van der Waals surface area (Å²) in [6, 6.07) is 7.02. The van der Waals surface area contributed by atoms with Crippen molar-refractivity contribution in [2.45, 2.75) is 0 Å². The van der Waals surface area contributed by atoms with E-state index in [4.69, 9.17) is 11.3 Å². The molecule has 1 aromatic carbocycles. The monoisotopic (exact) mass is 217 g/mol. The van der Waals surface area contributed by atoms with Crippen LogP contribution >= 0.6 is 0 Å². The number of nitrogens with zero attached hydrogens (tertiary/aromatic N) is 1. The van der Waals surface area contributed by atoms with E-state index in [2.05, 4.69) is 9.58 Å². The van der Waals surface area contributed by atoms with E-state index in [9.17, 15) is 4.79 Å². The Kier molecular flexibility index (Phi) is 4.10. The lowest BCUT2D eigenvalue weighted by Crippen LogP contribution is -2.00. The van der Waals surface area contributed by atoms with E-state index in [1.54, 1.807) is 31.4 Å². The molecule has 82 valence electrons. The van der Waals surface area contributed by atoms with E-state index in [1.807, 2.05) is 0 Å². The average Bonchev–Trinajstić information content (AvgIpc) is 2.35. The Morgan fingerprint density at radius 2 is 1.94 bits per heavy atom. The number of carbonyl (C=O) groups is 1. The average molecular weight is 217 g/mol. The third-order valence-electron chi connectivity index (χ3n) is 1.93. The van der Waals surface area contributed by atoms with E-state index in [1.165, 1.54) is 13.2 Å². The quantitative estimate of drug-likeness (QED) is 0.442. The molecule has 0 saturated carbocycles. The first-order valence-corrected chi connectivity index (χ1v) is 4.52. The van der Waals surface area contributed by atoms with Crippen LogP contribution in [0.15, 0.2) is 30.0 Å². The Morgan fingerprint density at radius 3 is 2.38 bits per heavy atom. The number of ether oxygens (including phenoxy) is 2. The Labute approximate surface area is 93.9 Å². The van der Waals surface area contributed by atoms with Crippen molar-refractivity contribution in [2.24, 2.45) is 0 Å². The number of hydrogen-bond acceptors (Lipinski definition) is 3. The lowest BCUT2D eigenvalue weighted by molar-refractivity contribution is -0.135. The highest BCUT2D eigenvalue weighted by Crippen LogP contribution is 2.14. The van der Waals surface area contributed by atoms with Crippen LogP contribution < -0.4 is 4.74 Å². The van der Waals surface area contributed by atoms with Gasteiger partial charge in [-0.1, -0.05) is 12.1 Å². The predicted octanol–water partition coefficient (Wildman–Crippen LogP) is 2.13. The highest BCUT2D eigenvalue weighted by molar-refractivity contribution is 5.95. The molecule has 0 spiro atoms. The van der Waals surface area contributed by atoms with Crippen molar-refractivity contribution in [3.05, 3.63) is 46.9 Å². The smallest absolute Gasteiger partial charge is 0.336 e. The van der Waals surface area contributed by atoms with Crippen molar-refractivity contribution >= 4 is 12.0 Å². The van der Waals surface area contributed by atoms with Crippen LogP contribution in [0.25, 0.3) is 10.9 Å². The molecular formula is C12H11NO3. The minimum Gasteiger partial charge on any atom is -0.497 e. The maximum absolute atomic E-state index is 11.1. The van der Waals surface area contributed by atoms with Gasteiger partial charge in [0.2, 0.25) is 0 Å². The van der Waals surface area contributed by atoms with Gasteiger partial charge in [-0.2, -0.15) is 0 Å². The van der Waals surface area contributed by atoms with Gasteiger partial charge in [-0.15, -0.1) is 0 Å². The summed E-state index contributed by atoms with van der Waals surface area (Å²) in [5.74, 6) is 0.0883. The standard InChI is InChI=1S/C12H11NO3/c1-13-11(12(14)16-3)8-9-4-6-10(15-2)7-5-9/h4-8H,2-3H3/b11-8+. The molecule has 0 unspecified atom stereocenters. The molecule has 0 amide bonds. The minimum absolute atomic E-state index is 0.0485. The van der Waals surface area contributed by atoms with Crippen molar-refractivity contribution in [3.8, 4) is 5.75 Å². The van der Waals surface area contributed by atoms with Gasteiger partial charge in [0.25, 0.3) is 5.70 Å². The highest BCUT2D eigenvalue weighted by Gasteiger charge is 2.08. The summed E-state index contributed by atoms with van der Waals surface area (Å²) < 4.78 is 9.47. The number of carbonyl (C=O) groups excluding carboxylic acids is 1. The normalized spacial score (nSPS) is 10.4. The van der Waals surface area contributed by atoms with Gasteiger partial charge < -0.3 is 9.47 Å². The minimum atomic E-state index is -0.634. The molecule has 0 aromatic heterocycles. The van der Waals surface area contributed by atoms with Crippen LogP contribution in [0.3, 0.4) is 0 Å². The number of methoxy groups -OCH3 is 2. The first-order valence-electron chi connectivity index (χ1n) is 4.52. The molecule has 1 aromatic rings. The summed E-state index contributed by atoms with van der Waals surface area (Å²) in [5, 5.41) is 0. The molecule has 0 fully saturated rings. The van der Waals surface area contributed by atoms with Crippen molar-refractivity contribution in [2.75, 3.05) is 14.2 Å². The lowest BCUT2D eigenvalue weighted by atomic mass is 10.2. The Balaban J connectivity index is 2.96. The zero-order chi connectivity index (χ0) is 12.0. The molecule has 4 nitrogen and oxygen atoms in total. The first kappa shape index (κ1) is 11.8. The van der Waals surface area contributed by atoms with E-state index >= 15 is 0 Å². The van der Waals surface area contributed by atoms with Gasteiger partial charge in [-0.05, 0) is 23.8 Å². The van der Waals surface area contributed by atoms with Crippen LogP contribution in [0.5, 0.6) is 5.75 Å². The second-order valence-electron chi connectivity index (χ2n) is 2.91. The predicted molar refractivity (Wildman–Crippen MR) is 59.6 cm³/mol. The molecule has 16 heavy (non-hydrogen) atoms. The number of rotatable bonds is 3. The van der Waals surface area contributed by atoms with E-state index < -0.39 is 5.97 Å². The van der Waals surface area contributed by atoms with Crippen molar-refractivity contribution < 1.29 is 14.3 Å². The SMILES string of the molecule is [C-]#[N+]/C(=C/c1ccc(OC)cc1)C(=O)OC. The second-order valence-corrected chi connectivity index (χ2v) is 2.91. The molecule has 0 saturated heterocycles. The van der Waals surface area contributed by atoms with Gasteiger partial charge in [0.15, 0.2) is 0 Å². The Hall–Kier alpha value is -2.28. The second kappa shape index (κ2) is 5.56. The molecule has 1 rings (SSSR count). The molecule has 4 heteroatoms. The van der Waals surface area contributed by atoms with Crippen molar-refractivity contribution in [3.63, 3.8) is 0 Å². The summed E-state index contributed by atoms with van der Waals surface area (Å²) in [5.41, 5.74) is 0.699. The summed E-state index contributed by atoms with van der Waals surface area (Å²) in [6.07, 6.45) is 1.47. The number of hydrogen-bond donors (Lipinski definition) is 0. The van der Waals surface area contributed by atoms with Gasteiger partial charge in [0.05, 0.1) is 20.8 Å². The third-order valence-corrected chi connectivity index (χ3v) is 1.93. The van der Waals surface area contributed by atoms with Crippen LogP contribution in [0.4, 0.5) is 0 Å².